The molecule has 0 aliphatic heterocycles. The Hall–Kier alpha value is -0.930. The van der Waals surface area contributed by atoms with Crippen LogP contribution in [0.15, 0.2) is 48.5 Å². The first-order valence-electron chi connectivity index (χ1n) is 8.51. The number of Topliss-reactive ketones (excluding diaryl/α,β-unsaturated/α-hetero) is 1. The smallest absolute Gasteiger partial charge is 0.135 e. The second-order valence-corrected chi connectivity index (χ2v) is 8.29. The van der Waals surface area contributed by atoms with E-state index >= 15 is 0 Å². The number of aryl methyl sites for hydroxylation is 2. The van der Waals surface area contributed by atoms with Crippen molar-refractivity contribution < 1.29 is 4.79 Å². The number of hydrogen-bond acceptors (Lipinski definition) is 1. The van der Waals surface area contributed by atoms with E-state index in [2.05, 4.69) is 94.2 Å². The van der Waals surface area contributed by atoms with Gasteiger partial charge in [0.25, 0.3) is 0 Å². The summed E-state index contributed by atoms with van der Waals surface area (Å²) in [5.74, 6) is 0.266. The number of carbonyl (C=O) groups excluding carboxylic acids is 1. The molecule has 24 heavy (non-hydrogen) atoms. The standard InChI is InChI=1S/C21H24Br2O/c1-3-15-7-5-9-17(11-15)20(22)13-19(24)14-21(23)18-10-6-8-16(4-2)12-18/h5-12,20-21H,3-4,13-14H2,1-2H3. The lowest BCUT2D eigenvalue weighted by molar-refractivity contribution is -0.119. The Morgan fingerprint density at radius 3 is 1.62 bits per heavy atom. The predicted molar refractivity (Wildman–Crippen MR) is 109 cm³/mol. The molecule has 0 aromatic heterocycles. The summed E-state index contributed by atoms with van der Waals surface area (Å²) in [6, 6.07) is 16.9. The molecule has 0 fully saturated rings. The highest BCUT2D eigenvalue weighted by atomic mass is 79.9. The largest absolute Gasteiger partial charge is 0.300 e. The van der Waals surface area contributed by atoms with Gasteiger partial charge in [-0.1, -0.05) is 94.2 Å². The average molecular weight is 452 g/mol. The van der Waals surface area contributed by atoms with Crippen LogP contribution in [-0.4, -0.2) is 5.78 Å². The molecule has 0 bridgehead atoms. The molecule has 0 saturated carbocycles. The summed E-state index contributed by atoms with van der Waals surface area (Å²) in [6.45, 7) is 4.29. The number of ketones is 1. The fourth-order valence-electron chi connectivity index (χ4n) is 2.73. The van der Waals surface area contributed by atoms with E-state index in [9.17, 15) is 4.79 Å². The van der Waals surface area contributed by atoms with E-state index in [1.54, 1.807) is 0 Å². The van der Waals surface area contributed by atoms with Gasteiger partial charge in [0.05, 0.1) is 0 Å². The third-order valence-corrected chi connectivity index (χ3v) is 5.96. The van der Waals surface area contributed by atoms with Crippen LogP contribution in [0.4, 0.5) is 0 Å². The second kappa shape index (κ2) is 9.53. The van der Waals surface area contributed by atoms with Crippen molar-refractivity contribution in [1.29, 1.82) is 0 Å². The van der Waals surface area contributed by atoms with Gasteiger partial charge in [-0.3, -0.25) is 4.79 Å². The molecule has 0 saturated heterocycles. The number of carbonyl (C=O) groups is 1. The highest BCUT2D eigenvalue weighted by molar-refractivity contribution is 9.09. The van der Waals surface area contributed by atoms with Gasteiger partial charge in [-0.25, -0.2) is 0 Å². The molecule has 0 aliphatic rings. The van der Waals surface area contributed by atoms with Gasteiger partial charge in [0.2, 0.25) is 0 Å². The van der Waals surface area contributed by atoms with Crippen LogP contribution in [0, 0.1) is 0 Å². The third kappa shape index (κ3) is 5.56. The molecular formula is C21H24Br2O. The Labute approximate surface area is 162 Å². The maximum absolute atomic E-state index is 12.5. The van der Waals surface area contributed by atoms with E-state index in [0.717, 1.165) is 12.8 Å². The number of halogens is 2. The first-order chi connectivity index (χ1) is 11.5. The first kappa shape index (κ1) is 19.4. The normalized spacial score (nSPS) is 13.5. The van der Waals surface area contributed by atoms with E-state index < -0.39 is 0 Å². The molecule has 2 atom stereocenters. The Kier molecular flexibility index (Phi) is 7.70. The van der Waals surface area contributed by atoms with Crippen LogP contribution in [0.5, 0.6) is 0 Å². The zero-order valence-corrected chi connectivity index (χ0v) is 17.4. The molecule has 2 rings (SSSR count). The fraction of sp³-hybridized carbons (Fsp3) is 0.381. The van der Waals surface area contributed by atoms with Gasteiger partial charge in [-0.2, -0.15) is 0 Å². The van der Waals surface area contributed by atoms with E-state index in [4.69, 9.17) is 0 Å². The summed E-state index contributed by atoms with van der Waals surface area (Å²) in [5, 5.41) is 0. The molecule has 2 aromatic carbocycles. The zero-order valence-electron chi connectivity index (χ0n) is 14.3. The van der Waals surface area contributed by atoms with E-state index in [-0.39, 0.29) is 15.4 Å². The van der Waals surface area contributed by atoms with Crippen molar-refractivity contribution in [2.75, 3.05) is 0 Å². The highest BCUT2D eigenvalue weighted by Crippen LogP contribution is 2.32. The van der Waals surface area contributed by atoms with Crippen LogP contribution < -0.4 is 0 Å². The first-order valence-corrected chi connectivity index (χ1v) is 10.3. The summed E-state index contributed by atoms with van der Waals surface area (Å²) < 4.78 is 0. The van der Waals surface area contributed by atoms with Gasteiger partial charge in [-0.05, 0) is 35.1 Å². The fourth-order valence-corrected chi connectivity index (χ4v) is 4.03. The molecular weight excluding hydrogens is 428 g/mol. The molecule has 1 nitrogen and oxygen atoms in total. The van der Waals surface area contributed by atoms with E-state index in [1.165, 1.54) is 22.3 Å². The summed E-state index contributed by atoms with van der Waals surface area (Å²) in [5.41, 5.74) is 4.97. The SMILES string of the molecule is CCc1cccc(C(Br)CC(=O)CC(Br)c2cccc(CC)c2)c1. The van der Waals surface area contributed by atoms with Gasteiger partial charge in [0.15, 0.2) is 0 Å². The Balaban J connectivity index is 1.96. The van der Waals surface area contributed by atoms with Gasteiger partial charge in [0, 0.05) is 22.5 Å². The van der Waals surface area contributed by atoms with Crippen LogP contribution >= 0.6 is 31.9 Å². The van der Waals surface area contributed by atoms with Gasteiger partial charge >= 0.3 is 0 Å². The van der Waals surface area contributed by atoms with Crippen LogP contribution in [-0.2, 0) is 17.6 Å². The summed E-state index contributed by atoms with van der Waals surface area (Å²) in [7, 11) is 0. The number of hydrogen-bond donors (Lipinski definition) is 0. The van der Waals surface area contributed by atoms with Gasteiger partial charge in [-0.15, -0.1) is 0 Å². The molecule has 0 spiro atoms. The molecule has 0 aliphatic carbocycles. The Morgan fingerprint density at radius 2 is 1.25 bits per heavy atom. The Bertz CT molecular complexity index is 624. The second-order valence-electron chi connectivity index (χ2n) is 6.08. The average Bonchev–Trinajstić information content (AvgIpc) is 2.61. The molecule has 0 heterocycles. The summed E-state index contributed by atoms with van der Waals surface area (Å²) in [4.78, 5) is 12.6. The maximum atomic E-state index is 12.5. The van der Waals surface area contributed by atoms with Crippen LogP contribution in [0.25, 0.3) is 0 Å². The molecule has 0 radical (unpaired) electrons. The van der Waals surface area contributed by atoms with Crippen molar-refractivity contribution in [3.8, 4) is 0 Å². The lowest BCUT2D eigenvalue weighted by Gasteiger charge is -2.14. The van der Waals surface area contributed by atoms with Crippen molar-refractivity contribution >= 4 is 37.6 Å². The van der Waals surface area contributed by atoms with Gasteiger partial charge < -0.3 is 0 Å². The molecule has 2 unspecified atom stereocenters. The minimum atomic E-state index is 0.0816. The lowest BCUT2D eigenvalue weighted by atomic mass is 9.99. The number of benzene rings is 2. The van der Waals surface area contributed by atoms with Crippen molar-refractivity contribution in [3.05, 3.63) is 70.8 Å². The third-order valence-electron chi connectivity index (χ3n) is 4.26. The van der Waals surface area contributed by atoms with E-state index in [1.807, 2.05) is 0 Å². The zero-order chi connectivity index (χ0) is 17.5. The van der Waals surface area contributed by atoms with Crippen LogP contribution in [0.3, 0.4) is 0 Å². The summed E-state index contributed by atoms with van der Waals surface area (Å²) in [6.07, 6.45) is 3.06. The molecule has 0 N–H and O–H groups in total. The van der Waals surface area contributed by atoms with Crippen molar-refractivity contribution in [3.63, 3.8) is 0 Å². The van der Waals surface area contributed by atoms with Gasteiger partial charge in [0.1, 0.15) is 5.78 Å². The quantitative estimate of drug-likeness (QED) is 0.406. The highest BCUT2D eigenvalue weighted by Gasteiger charge is 2.17. The lowest BCUT2D eigenvalue weighted by Crippen LogP contribution is -2.06. The van der Waals surface area contributed by atoms with Crippen molar-refractivity contribution in [2.45, 2.75) is 49.2 Å². The number of rotatable bonds is 8. The van der Waals surface area contributed by atoms with Crippen molar-refractivity contribution in [1.82, 2.24) is 0 Å². The molecule has 2 aromatic rings. The summed E-state index contributed by atoms with van der Waals surface area (Å²) >= 11 is 7.37. The predicted octanol–water partition coefficient (Wildman–Crippen LogP) is 6.73. The molecule has 128 valence electrons. The topological polar surface area (TPSA) is 17.1 Å². The monoisotopic (exact) mass is 450 g/mol. The van der Waals surface area contributed by atoms with Crippen molar-refractivity contribution in [2.24, 2.45) is 0 Å². The molecule has 3 heteroatoms. The Morgan fingerprint density at radius 1 is 0.833 bits per heavy atom. The van der Waals surface area contributed by atoms with Crippen LogP contribution in [0.1, 0.15) is 58.6 Å². The number of alkyl halides is 2. The van der Waals surface area contributed by atoms with E-state index in [0.29, 0.717) is 12.8 Å². The minimum Gasteiger partial charge on any atom is -0.300 e. The van der Waals surface area contributed by atoms with Crippen LogP contribution in [0.2, 0.25) is 0 Å². The molecule has 0 amide bonds. The maximum Gasteiger partial charge on any atom is 0.135 e. The minimum absolute atomic E-state index is 0.0816.